The molecule has 192 valence electrons. The predicted octanol–water partition coefficient (Wildman–Crippen LogP) is 4.65. The molecule has 0 aromatic heterocycles. The maximum absolute atomic E-state index is 13.4. The van der Waals surface area contributed by atoms with Crippen LogP contribution in [-0.2, 0) is 33.7 Å². The van der Waals surface area contributed by atoms with Gasteiger partial charge in [0.2, 0.25) is 5.91 Å². The van der Waals surface area contributed by atoms with E-state index in [0.717, 1.165) is 34.1 Å². The van der Waals surface area contributed by atoms with Crippen LogP contribution >= 0.6 is 0 Å². The van der Waals surface area contributed by atoms with Crippen LogP contribution in [0.15, 0.2) is 72.8 Å². The van der Waals surface area contributed by atoms with Gasteiger partial charge in [0.1, 0.15) is 23.7 Å². The third kappa shape index (κ3) is 6.55. The average molecular weight is 501 g/mol. The van der Waals surface area contributed by atoms with Crippen molar-refractivity contribution in [2.45, 2.75) is 57.8 Å². The average Bonchev–Trinajstić information content (AvgIpc) is 2.87. The summed E-state index contributed by atoms with van der Waals surface area (Å²) in [4.78, 5) is 39.7. The molecular formula is C30H32N2O5. The Bertz CT molecular complexity index is 1270. The molecule has 4 rings (SSSR count). The van der Waals surface area contributed by atoms with Crippen LogP contribution in [0.1, 0.15) is 37.5 Å². The quantitative estimate of drug-likeness (QED) is 0.481. The number of hydrogen-bond donors (Lipinski definition) is 2. The molecule has 2 N–H and O–H groups in total. The zero-order valence-electron chi connectivity index (χ0n) is 21.3. The molecule has 1 aliphatic heterocycles. The number of carbonyl (C=O) groups is 3. The van der Waals surface area contributed by atoms with Crippen molar-refractivity contribution >= 4 is 18.3 Å². The fourth-order valence-corrected chi connectivity index (χ4v) is 4.45. The SMILES string of the molecule is CC(C)(C)OC(=O)N1Cc2cc(O)ccc2C[C@H]1C(=O)N[C@H](C=O)Cc1ccc(-c2ccccc2)cc1. The van der Waals surface area contributed by atoms with Gasteiger partial charge >= 0.3 is 6.09 Å². The lowest BCUT2D eigenvalue weighted by Gasteiger charge is -2.37. The van der Waals surface area contributed by atoms with Crippen molar-refractivity contribution in [1.82, 2.24) is 10.2 Å². The van der Waals surface area contributed by atoms with Crippen LogP contribution in [0.2, 0.25) is 0 Å². The highest BCUT2D eigenvalue weighted by molar-refractivity contribution is 5.88. The van der Waals surface area contributed by atoms with Gasteiger partial charge in [-0.15, -0.1) is 0 Å². The molecule has 0 unspecified atom stereocenters. The van der Waals surface area contributed by atoms with Crippen molar-refractivity contribution in [2.24, 2.45) is 0 Å². The molecule has 0 saturated heterocycles. The van der Waals surface area contributed by atoms with E-state index >= 15 is 0 Å². The van der Waals surface area contributed by atoms with E-state index < -0.39 is 29.7 Å². The van der Waals surface area contributed by atoms with Gasteiger partial charge in [0.15, 0.2) is 0 Å². The number of amides is 2. The highest BCUT2D eigenvalue weighted by Crippen LogP contribution is 2.28. The summed E-state index contributed by atoms with van der Waals surface area (Å²) in [6.07, 6.45) is 0.669. The van der Waals surface area contributed by atoms with E-state index in [2.05, 4.69) is 5.32 Å². The summed E-state index contributed by atoms with van der Waals surface area (Å²) >= 11 is 0. The molecule has 0 radical (unpaired) electrons. The largest absolute Gasteiger partial charge is 0.508 e. The van der Waals surface area contributed by atoms with Gasteiger partial charge in [0.05, 0.1) is 12.6 Å². The lowest BCUT2D eigenvalue weighted by molar-refractivity contribution is -0.129. The first-order chi connectivity index (χ1) is 17.6. The number of fused-ring (bicyclic) bond motifs is 1. The summed E-state index contributed by atoms with van der Waals surface area (Å²) in [6.45, 7) is 5.39. The number of ether oxygens (including phenoxy) is 1. The molecule has 2 amide bonds. The van der Waals surface area contributed by atoms with E-state index in [-0.39, 0.29) is 18.7 Å². The van der Waals surface area contributed by atoms with Gasteiger partial charge in [-0.2, -0.15) is 0 Å². The number of carbonyl (C=O) groups excluding carboxylic acids is 3. The molecule has 1 heterocycles. The minimum absolute atomic E-state index is 0.0880. The number of nitrogens with zero attached hydrogens (tertiary/aromatic N) is 1. The van der Waals surface area contributed by atoms with Gasteiger partial charge in [-0.25, -0.2) is 4.79 Å². The van der Waals surface area contributed by atoms with Crippen LogP contribution in [0.25, 0.3) is 11.1 Å². The molecule has 0 spiro atoms. The highest BCUT2D eigenvalue weighted by Gasteiger charge is 2.37. The molecule has 7 nitrogen and oxygen atoms in total. The number of phenolic OH excluding ortho intramolecular Hbond substituents is 1. The minimum Gasteiger partial charge on any atom is -0.508 e. The number of hydrogen-bond acceptors (Lipinski definition) is 5. The molecule has 0 saturated carbocycles. The van der Waals surface area contributed by atoms with Crippen LogP contribution in [0, 0.1) is 0 Å². The van der Waals surface area contributed by atoms with Crippen molar-refractivity contribution in [3.8, 4) is 16.9 Å². The smallest absolute Gasteiger partial charge is 0.411 e. The second kappa shape index (κ2) is 10.9. The zero-order chi connectivity index (χ0) is 26.6. The lowest BCUT2D eigenvalue weighted by Crippen LogP contribution is -2.55. The van der Waals surface area contributed by atoms with Crippen LogP contribution in [0.4, 0.5) is 4.79 Å². The van der Waals surface area contributed by atoms with Crippen molar-refractivity contribution in [3.63, 3.8) is 0 Å². The Morgan fingerprint density at radius 1 is 1.03 bits per heavy atom. The first kappa shape index (κ1) is 25.9. The predicted molar refractivity (Wildman–Crippen MR) is 141 cm³/mol. The number of nitrogens with one attached hydrogen (secondary N) is 1. The van der Waals surface area contributed by atoms with E-state index in [1.807, 2.05) is 54.6 Å². The van der Waals surface area contributed by atoms with Crippen molar-refractivity contribution in [3.05, 3.63) is 89.5 Å². The molecular weight excluding hydrogens is 468 g/mol. The van der Waals surface area contributed by atoms with Crippen LogP contribution < -0.4 is 5.32 Å². The van der Waals surface area contributed by atoms with Gasteiger partial charge in [-0.3, -0.25) is 9.69 Å². The Morgan fingerprint density at radius 3 is 2.35 bits per heavy atom. The molecule has 3 aromatic carbocycles. The molecule has 1 aliphatic rings. The molecule has 0 bridgehead atoms. The zero-order valence-corrected chi connectivity index (χ0v) is 21.3. The molecule has 2 atom stereocenters. The number of rotatable bonds is 6. The Morgan fingerprint density at radius 2 is 1.70 bits per heavy atom. The summed E-state index contributed by atoms with van der Waals surface area (Å²) < 4.78 is 5.55. The molecule has 7 heteroatoms. The Hall–Kier alpha value is -4.13. The van der Waals surface area contributed by atoms with E-state index in [1.165, 1.54) is 4.90 Å². The second-order valence-electron chi connectivity index (χ2n) is 10.3. The standard InChI is InChI=1S/C30H32N2O5/c1-30(2,3)37-29(36)32-18-24-16-26(34)14-13-23(24)17-27(32)28(35)31-25(19-33)15-20-9-11-22(12-10-20)21-7-5-4-6-8-21/h4-14,16,19,25,27,34H,15,17-18H2,1-3H3,(H,31,35)/t25-,27-/m0/s1. The first-order valence-electron chi connectivity index (χ1n) is 12.3. The highest BCUT2D eigenvalue weighted by atomic mass is 16.6. The topological polar surface area (TPSA) is 95.9 Å². The van der Waals surface area contributed by atoms with Crippen molar-refractivity contribution < 1.29 is 24.2 Å². The number of aromatic hydroxyl groups is 1. The van der Waals surface area contributed by atoms with Crippen LogP contribution in [0.5, 0.6) is 5.75 Å². The minimum atomic E-state index is -0.852. The second-order valence-corrected chi connectivity index (χ2v) is 10.3. The van der Waals surface area contributed by atoms with Gasteiger partial charge in [-0.1, -0.05) is 60.7 Å². The fourth-order valence-electron chi connectivity index (χ4n) is 4.45. The molecule has 37 heavy (non-hydrogen) atoms. The van der Waals surface area contributed by atoms with Crippen LogP contribution in [-0.4, -0.2) is 46.0 Å². The molecule has 0 aliphatic carbocycles. The van der Waals surface area contributed by atoms with E-state index in [0.29, 0.717) is 6.42 Å². The lowest BCUT2D eigenvalue weighted by atomic mass is 9.93. The maximum atomic E-state index is 13.4. The third-order valence-electron chi connectivity index (χ3n) is 6.26. The van der Waals surface area contributed by atoms with Gasteiger partial charge in [0, 0.05) is 6.42 Å². The van der Waals surface area contributed by atoms with Gasteiger partial charge < -0.3 is 20.0 Å². The van der Waals surface area contributed by atoms with E-state index in [1.54, 1.807) is 39.0 Å². The van der Waals surface area contributed by atoms with Crippen LogP contribution in [0.3, 0.4) is 0 Å². The number of aldehydes is 1. The first-order valence-corrected chi connectivity index (χ1v) is 12.3. The summed E-state index contributed by atoms with van der Waals surface area (Å²) in [5.74, 6) is -0.340. The summed E-state index contributed by atoms with van der Waals surface area (Å²) in [6, 6.07) is 21.2. The van der Waals surface area contributed by atoms with Crippen molar-refractivity contribution in [1.29, 1.82) is 0 Å². The summed E-state index contributed by atoms with van der Waals surface area (Å²) in [7, 11) is 0. The Kier molecular flexibility index (Phi) is 7.62. The fraction of sp³-hybridized carbons (Fsp3) is 0.300. The maximum Gasteiger partial charge on any atom is 0.411 e. The van der Waals surface area contributed by atoms with E-state index in [9.17, 15) is 19.5 Å². The Balaban J connectivity index is 1.49. The number of benzene rings is 3. The number of phenols is 1. The van der Waals surface area contributed by atoms with Gasteiger partial charge in [-0.05, 0) is 67.1 Å². The third-order valence-corrected chi connectivity index (χ3v) is 6.26. The summed E-state index contributed by atoms with van der Waals surface area (Å²) in [5.41, 5.74) is 3.94. The normalized spacial score (nSPS) is 15.9. The monoisotopic (exact) mass is 500 g/mol. The van der Waals surface area contributed by atoms with Gasteiger partial charge in [0.25, 0.3) is 0 Å². The molecule has 0 fully saturated rings. The van der Waals surface area contributed by atoms with E-state index in [4.69, 9.17) is 4.74 Å². The molecule has 3 aromatic rings. The Labute approximate surface area is 217 Å². The summed E-state index contributed by atoms with van der Waals surface area (Å²) in [5, 5.41) is 12.7. The van der Waals surface area contributed by atoms with Crippen molar-refractivity contribution in [2.75, 3.05) is 0 Å².